The highest BCUT2D eigenvalue weighted by molar-refractivity contribution is 5.89. The molecule has 1 aromatic carbocycles. The number of carbonyl (C=O) groups is 1. The van der Waals surface area contributed by atoms with Crippen LogP contribution in [0.25, 0.3) is 0 Å². The molecule has 1 saturated carbocycles. The number of hydrogen-bond donors (Lipinski definition) is 1. The van der Waals surface area contributed by atoms with Gasteiger partial charge in [0.25, 0.3) is 0 Å². The van der Waals surface area contributed by atoms with Gasteiger partial charge in [0, 0.05) is 25.0 Å². The predicted octanol–water partition coefficient (Wildman–Crippen LogP) is 2.83. The quantitative estimate of drug-likeness (QED) is 0.831. The van der Waals surface area contributed by atoms with E-state index in [1.165, 1.54) is 6.20 Å². The Labute approximate surface area is 174 Å². The Hall–Kier alpha value is -2.87. The van der Waals surface area contributed by atoms with Crippen LogP contribution in [0.15, 0.2) is 42.7 Å². The van der Waals surface area contributed by atoms with Gasteiger partial charge in [-0.15, -0.1) is 0 Å². The van der Waals surface area contributed by atoms with Crippen molar-refractivity contribution in [2.75, 3.05) is 36.0 Å². The topological polar surface area (TPSA) is 75.1 Å². The first-order valence-electron chi connectivity index (χ1n) is 10.3. The highest BCUT2D eigenvalue weighted by Gasteiger charge is 2.43. The van der Waals surface area contributed by atoms with Gasteiger partial charge in [-0.25, -0.2) is 9.18 Å². The van der Waals surface area contributed by atoms with Crippen molar-refractivity contribution < 1.29 is 23.8 Å². The third-order valence-electron chi connectivity index (χ3n) is 6.37. The zero-order chi connectivity index (χ0) is 20.7. The Morgan fingerprint density at radius 1 is 1.13 bits per heavy atom. The van der Waals surface area contributed by atoms with E-state index in [4.69, 9.17) is 9.47 Å². The average Bonchev–Trinajstić information content (AvgIpc) is 3.35. The maximum absolute atomic E-state index is 14.1. The molecule has 2 aliphatic heterocycles. The number of halogens is 1. The lowest BCUT2D eigenvalue weighted by Crippen LogP contribution is -2.42. The molecular weight excluding hydrogens is 389 g/mol. The van der Waals surface area contributed by atoms with Crippen LogP contribution >= 0.6 is 0 Å². The number of rotatable bonds is 4. The summed E-state index contributed by atoms with van der Waals surface area (Å²) in [5.74, 6) is 0.996. The van der Waals surface area contributed by atoms with Crippen LogP contribution in [0.4, 0.5) is 20.6 Å². The van der Waals surface area contributed by atoms with Crippen molar-refractivity contribution in [1.82, 2.24) is 4.98 Å². The average molecular weight is 413 g/mol. The van der Waals surface area contributed by atoms with Gasteiger partial charge in [-0.3, -0.25) is 9.88 Å². The first kappa shape index (κ1) is 19.1. The number of nitrogens with zero attached hydrogens (tertiary/aromatic N) is 3. The molecule has 1 aromatic heterocycles. The first-order valence-corrected chi connectivity index (χ1v) is 10.3. The number of fused-ring (bicyclic) bond motifs is 1. The van der Waals surface area contributed by atoms with E-state index < -0.39 is 6.10 Å². The van der Waals surface area contributed by atoms with Crippen molar-refractivity contribution in [3.63, 3.8) is 0 Å². The van der Waals surface area contributed by atoms with E-state index in [-0.39, 0.29) is 18.0 Å². The highest BCUT2D eigenvalue weighted by atomic mass is 19.1. The summed E-state index contributed by atoms with van der Waals surface area (Å²) in [5.41, 5.74) is 1.34. The van der Waals surface area contributed by atoms with E-state index in [1.807, 2.05) is 29.2 Å². The molecule has 3 heterocycles. The number of aliphatic hydroxyl groups excluding tert-OH is 1. The molecule has 7 nitrogen and oxygen atoms in total. The van der Waals surface area contributed by atoms with Gasteiger partial charge in [-0.2, -0.15) is 0 Å². The standard InChI is InChI=1S/C22H24FN3O4/c23-18-11-24-6-5-19(18)25-12-14-9-20(27)21(10-15(14)13-25)30-17-3-1-16(2-4-17)26-7-8-29-22(26)28/h1-6,11,14-15,20-21,27H,7-10,12-13H2/t14-,15+,20+,21+/m0/s1. The minimum Gasteiger partial charge on any atom is -0.488 e. The van der Waals surface area contributed by atoms with E-state index in [9.17, 15) is 14.3 Å². The summed E-state index contributed by atoms with van der Waals surface area (Å²) in [7, 11) is 0. The molecule has 4 atom stereocenters. The molecule has 8 heteroatoms. The van der Waals surface area contributed by atoms with E-state index in [0.717, 1.165) is 25.2 Å². The van der Waals surface area contributed by atoms with Crippen LogP contribution in [0.3, 0.4) is 0 Å². The third kappa shape index (κ3) is 3.56. The van der Waals surface area contributed by atoms with Gasteiger partial charge in [0.15, 0.2) is 5.82 Å². The number of amides is 1. The summed E-state index contributed by atoms with van der Waals surface area (Å²) >= 11 is 0. The van der Waals surface area contributed by atoms with Gasteiger partial charge < -0.3 is 19.5 Å². The second-order valence-corrected chi connectivity index (χ2v) is 8.21. The summed E-state index contributed by atoms with van der Waals surface area (Å²) in [4.78, 5) is 19.1. The number of anilines is 2. The first-order chi connectivity index (χ1) is 14.6. The van der Waals surface area contributed by atoms with Crippen LogP contribution in [0.5, 0.6) is 5.75 Å². The fourth-order valence-electron chi connectivity index (χ4n) is 4.85. The Morgan fingerprint density at radius 3 is 2.60 bits per heavy atom. The third-order valence-corrected chi connectivity index (χ3v) is 6.37. The Balaban J connectivity index is 1.24. The smallest absolute Gasteiger partial charge is 0.414 e. The summed E-state index contributed by atoms with van der Waals surface area (Å²) in [6.07, 6.45) is 2.98. The van der Waals surface area contributed by atoms with E-state index in [1.54, 1.807) is 17.2 Å². The Kier molecular flexibility index (Phi) is 4.94. The molecule has 1 amide bonds. The van der Waals surface area contributed by atoms with Crippen LogP contribution in [-0.2, 0) is 4.74 Å². The Morgan fingerprint density at radius 2 is 1.90 bits per heavy atom. The minimum absolute atomic E-state index is 0.309. The van der Waals surface area contributed by atoms with Gasteiger partial charge >= 0.3 is 6.09 Å². The van der Waals surface area contributed by atoms with Crippen molar-refractivity contribution in [3.8, 4) is 5.75 Å². The molecule has 30 heavy (non-hydrogen) atoms. The van der Waals surface area contributed by atoms with Gasteiger partial charge in [0.1, 0.15) is 18.5 Å². The van der Waals surface area contributed by atoms with Crippen LogP contribution in [0, 0.1) is 17.7 Å². The largest absolute Gasteiger partial charge is 0.488 e. The molecule has 1 N–H and O–H groups in total. The molecule has 2 aromatic rings. The molecule has 158 valence electrons. The van der Waals surface area contributed by atoms with Crippen molar-refractivity contribution in [2.24, 2.45) is 11.8 Å². The van der Waals surface area contributed by atoms with E-state index >= 15 is 0 Å². The minimum atomic E-state index is -0.568. The maximum Gasteiger partial charge on any atom is 0.414 e. The number of pyridine rings is 1. The number of hydrogen-bond acceptors (Lipinski definition) is 6. The number of cyclic esters (lactones) is 1. The van der Waals surface area contributed by atoms with Gasteiger partial charge in [-0.05, 0) is 55.0 Å². The zero-order valence-electron chi connectivity index (χ0n) is 16.5. The molecule has 3 fully saturated rings. The number of ether oxygens (including phenoxy) is 2. The normalized spacial score (nSPS) is 28.4. The van der Waals surface area contributed by atoms with Crippen LogP contribution in [0.1, 0.15) is 12.8 Å². The van der Waals surface area contributed by atoms with Crippen molar-refractivity contribution >= 4 is 17.5 Å². The Bertz CT molecular complexity index is 925. The second kappa shape index (κ2) is 7.75. The molecule has 0 bridgehead atoms. The van der Waals surface area contributed by atoms with E-state index in [2.05, 4.69) is 4.98 Å². The lowest BCUT2D eigenvalue weighted by Gasteiger charge is -2.35. The summed E-state index contributed by atoms with van der Waals surface area (Å²) in [6.45, 7) is 2.41. The molecule has 1 aliphatic carbocycles. The fraction of sp³-hybridized carbons (Fsp3) is 0.455. The molecular formula is C22H24FN3O4. The zero-order valence-corrected chi connectivity index (χ0v) is 16.5. The number of aliphatic hydroxyl groups is 1. The molecule has 5 rings (SSSR count). The SMILES string of the molecule is O=C1OCCN1c1ccc(O[C@@H]2C[C@@H]3CN(c4ccncc4F)C[C@@H]3C[C@H]2O)cc1. The fourth-order valence-corrected chi connectivity index (χ4v) is 4.85. The summed E-state index contributed by atoms with van der Waals surface area (Å²) in [6, 6.07) is 8.97. The van der Waals surface area contributed by atoms with Gasteiger partial charge in [0.2, 0.25) is 0 Å². The molecule has 0 spiro atoms. The summed E-state index contributed by atoms with van der Waals surface area (Å²) in [5, 5.41) is 10.7. The molecule has 2 saturated heterocycles. The van der Waals surface area contributed by atoms with Crippen LogP contribution in [0.2, 0.25) is 0 Å². The maximum atomic E-state index is 14.1. The number of aromatic nitrogens is 1. The molecule has 0 radical (unpaired) electrons. The van der Waals surface area contributed by atoms with Gasteiger partial charge in [0.05, 0.1) is 24.5 Å². The number of benzene rings is 1. The van der Waals surface area contributed by atoms with Crippen molar-refractivity contribution in [3.05, 3.63) is 48.5 Å². The summed E-state index contributed by atoms with van der Waals surface area (Å²) < 4.78 is 25.2. The lowest BCUT2D eigenvalue weighted by molar-refractivity contribution is -0.0231. The van der Waals surface area contributed by atoms with Crippen molar-refractivity contribution in [2.45, 2.75) is 25.0 Å². The van der Waals surface area contributed by atoms with Crippen LogP contribution in [-0.4, -0.2) is 54.6 Å². The predicted molar refractivity (Wildman–Crippen MR) is 108 cm³/mol. The molecule has 3 aliphatic rings. The van der Waals surface area contributed by atoms with Gasteiger partial charge in [-0.1, -0.05) is 0 Å². The highest BCUT2D eigenvalue weighted by Crippen LogP contribution is 2.40. The van der Waals surface area contributed by atoms with Crippen molar-refractivity contribution in [1.29, 1.82) is 0 Å². The molecule has 0 unspecified atom stereocenters. The second-order valence-electron chi connectivity index (χ2n) is 8.21. The lowest BCUT2D eigenvalue weighted by atomic mass is 9.78. The van der Waals surface area contributed by atoms with E-state index in [0.29, 0.717) is 42.8 Å². The monoisotopic (exact) mass is 413 g/mol. The van der Waals surface area contributed by atoms with Crippen LogP contribution < -0.4 is 14.5 Å². The number of carbonyl (C=O) groups excluding carboxylic acids is 1.